The molecule has 1 saturated heterocycles. The quantitative estimate of drug-likeness (QED) is 0.701. The summed E-state index contributed by atoms with van der Waals surface area (Å²) in [5.74, 6) is 0.946. The molecule has 0 amide bonds. The molecule has 0 spiro atoms. The predicted molar refractivity (Wildman–Crippen MR) is 107 cm³/mol. The Morgan fingerprint density at radius 2 is 2.15 bits per heavy atom. The molecule has 0 bridgehead atoms. The summed E-state index contributed by atoms with van der Waals surface area (Å²) in [6.07, 6.45) is 10.5. The highest BCUT2D eigenvalue weighted by molar-refractivity contribution is 5.77. The zero-order valence-electron chi connectivity index (χ0n) is 16.3. The van der Waals surface area contributed by atoms with E-state index in [0.717, 1.165) is 37.3 Å². The number of carbonyl (C=O) groups excluding carboxylic acids is 1. The molecule has 1 aliphatic heterocycles. The molecule has 0 N–H and O–H groups in total. The van der Waals surface area contributed by atoms with Crippen LogP contribution in [0.4, 0.5) is 0 Å². The summed E-state index contributed by atoms with van der Waals surface area (Å²) >= 11 is 0. The molecular weight excluding hydrogens is 338 g/mol. The van der Waals surface area contributed by atoms with E-state index in [2.05, 4.69) is 34.2 Å². The van der Waals surface area contributed by atoms with Crippen molar-refractivity contribution in [1.82, 2.24) is 14.5 Å². The molecule has 5 nitrogen and oxygen atoms in total. The van der Waals surface area contributed by atoms with Crippen LogP contribution in [-0.4, -0.2) is 40.1 Å². The number of hydrogen-bond acceptors (Lipinski definition) is 4. The van der Waals surface area contributed by atoms with Crippen LogP contribution >= 0.6 is 0 Å². The van der Waals surface area contributed by atoms with Crippen LogP contribution in [0, 0.1) is 5.41 Å². The predicted octanol–water partition coefficient (Wildman–Crippen LogP) is 3.67. The molecule has 27 heavy (non-hydrogen) atoms. The van der Waals surface area contributed by atoms with Crippen molar-refractivity contribution >= 4 is 12.0 Å². The number of ether oxygens (including phenoxy) is 1. The van der Waals surface area contributed by atoms with Crippen LogP contribution in [-0.2, 0) is 23.1 Å². The Kier molecular flexibility index (Phi) is 6.45. The molecule has 0 saturated carbocycles. The van der Waals surface area contributed by atoms with Gasteiger partial charge in [0.15, 0.2) is 0 Å². The Hall–Kier alpha value is -2.40. The fourth-order valence-electron chi connectivity index (χ4n) is 3.80. The normalized spacial score (nSPS) is 20.8. The van der Waals surface area contributed by atoms with Crippen molar-refractivity contribution in [3.63, 3.8) is 0 Å². The van der Waals surface area contributed by atoms with Gasteiger partial charge in [0.25, 0.3) is 0 Å². The van der Waals surface area contributed by atoms with Crippen LogP contribution in [0.5, 0.6) is 0 Å². The number of allylic oxidation sites excluding steroid dienone is 1. The number of likely N-dealkylation sites (tertiary alicyclic amines) is 1. The van der Waals surface area contributed by atoms with Crippen molar-refractivity contribution < 1.29 is 9.53 Å². The van der Waals surface area contributed by atoms with E-state index in [4.69, 9.17) is 4.74 Å². The van der Waals surface area contributed by atoms with Gasteiger partial charge in [0.1, 0.15) is 5.82 Å². The molecule has 1 fully saturated rings. The molecule has 2 aromatic rings. The Balaban J connectivity index is 1.74. The maximum atomic E-state index is 12.9. The first kappa shape index (κ1) is 19.4. The molecule has 0 aliphatic carbocycles. The van der Waals surface area contributed by atoms with Gasteiger partial charge in [-0.25, -0.2) is 4.98 Å². The fraction of sp³-hybridized carbons (Fsp3) is 0.455. The first-order chi connectivity index (χ1) is 13.1. The lowest BCUT2D eigenvalue weighted by atomic mass is 9.76. The lowest BCUT2D eigenvalue weighted by molar-refractivity contribution is -0.159. The van der Waals surface area contributed by atoms with Gasteiger partial charge in [0, 0.05) is 26.0 Å². The minimum atomic E-state index is -0.481. The van der Waals surface area contributed by atoms with Crippen LogP contribution in [0.25, 0.3) is 6.08 Å². The van der Waals surface area contributed by atoms with Crippen molar-refractivity contribution in [3.8, 4) is 0 Å². The Bertz CT molecular complexity index is 769. The fourth-order valence-corrected chi connectivity index (χ4v) is 3.80. The van der Waals surface area contributed by atoms with Crippen LogP contribution in [0.2, 0.25) is 0 Å². The molecule has 0 radical (unpaired) electrons. The third kappa shape index (κ3) is 4.86. The van der Waals surface area contributed by atoms with Crippen molar-refractivity contribution in [3.05, 3.63) is 60.2 Å². The Labute approximate surface area is 161 Å². The van der Waals surface area contributed by atoms with Gasteiger partial charge < -0.3 is 9.30 Å². The summed E-state index contributed by atoms with van der Waals surface area (Å²) in [5, 5.41) is 0. The minimum Gasteiger partial charge on any atom is -0.466 e. The molecule has 144 valence electrons. The van der Waals surface area contributed by atoms with E-state index in [1.54, 1.807) is 0 Å². The van der Waals surface area contributed by atoms with E-state index in [1.165, 1.54) is 0 Å². The number of carbonyl (C=O) groups is 1. The number of nitrogens with zero attached hydrogens (tertiary/aromatic N) is 3. The molecule has 1 unspecified atom stereocenters. The highest BCUT2D eigenvalue weighted by Crippen LogP contribution is 2.36. The second-order valence-corrected chi connectivity index (χ2v) is 7.29. The van der Waals surface area contributed by atoms with E-state index in [-0.39, 0.29) is 5.97 Å². The number of esters is 1. The van der Waals surface area contributed by atoms with Crippen LogP contribution in [0.15, 0.2) is 48.8 Å². The maximum Gasteiger partial charge on any atom is 0.313 e. The average molecular weight is 367 g/mol. The van der Waals surface area contributed by atoms with Crippen LogP contribution < -0.4 is 0 Å². The smallest absolute Gasteiger partial charge is 0.313 e. The van der Waals surface area contributed by atoms with Gasteiger partial charge in [-0.3, -0.25) is 9.69 Å². The standard InChI is InChI=1S/C22H29N3O2/c1-3-27-21(26)22(12-7-11-19-9-5-4-6-10-19)13-8-15-25(18-22)17-20-23-14-16-24(20)2/h4-7,9-11,14,16H,3,8,12-13,15,17-18H2,1-2H3. The Morgan fingerprint density at radius 1 is 1.33 bits per heavy atom. The van der Waals surface area contributed by atoms with Gasteiger partial charge in [-0.1, -0.05) is 42.5 Å². The molecular formula is C22H29N3O2. The number of imidazole rings is 1. The summed E-state index contributed by atoms with van der Waals surface area (Å²) in [6.45, 7) is 4.74. The molecule has 1 atom stereocenters. The number of rotatable bonds is 7. The lowest BCUT2D eigenvalue weighted by Gasteiger charge is -2.40. The van der Waals surface area contributed by atoms with Crippen molar-refractivity contribution in [2.75, 3.05) is 19.7 Å². The molecule has 5 heteroatoms. The van der Waals surface area contributed by atoms with Crippen LogP contribution in [0.3, 0.4) is 0 Å². The lowest BCUT2D eigenvalue weighted by Crippen LogP contribution is -2.48. The third-order valence-electron chi connectivity index (χ3n) is 5.27. The summed E-state index contributed by atoms with van der Waals surface area (Å²) in [7, 11) is 2.01. The molecule has 1 aromatic carbocycles. The molecule has 1 aromatic heterocycles. The molecule has 2 heterocycles. The van der Waals surface area contributed by atoms with E-state index in [9.17, 15) is 4.79 Å². The zero-order chi connectivity index (χ0) is 19.1. The van der Waals surface area contributed by atoms with E-state index in [1.807, 2.05) is 49.1 Å². The SMILES string of the molecule is CCOC(=O)C1(CC=Cc2ccccc2)CCCN(Cc2nccn2C)C1. The highest BCUT2D eigenvalue weighted by atomic mass is 16.5. The maximum absolute atomic E-state index is 12.9. The number of benzene rings is 1. The second-order valence-electron chi connectivity index (χ2n) is 7.29. The number of piperidine rings is 1. The van der Waals surface area contributed by atoms with Gasteiger partial charge in [-0.2, -0.15) is 0 Å². The summed E-state index contributed by atoms with van der Waals surface area (Å²) in [6, 6.07) is 10.2. The third-order valence-corrected chi connectivity index (χ3v) is 5.27. The Morgan fingerprint density at radius 3 is 2.85 bits per heavy atom. The van der Waals surface area contributed by atoms with Crippen molar-refractivity contribution in [1.29, 1.82) is 0 Å². The van der Waals surface area contributed by atoms with E-state index >= 15 is 0 Å². The number of aromatic nitrogens is 2. The number of hydrogen-bond donors (Lipinski definition) is 0. The van der Waals surface area contributed by atoms with Gasteiger partial charge in [0.2, 0.25) is 0 Å². The van der Waals surface area contributed by atoms with E-state index in [0.29, 0.717) is 19.6 Å². The molecule has 1 aliphatic rings. The van der Waals surface area contributed by atoms with E-state index < -0.39 is 5.41 Å². The van der Waals surface area contributed by atoms with Gasteiger partial charge in [-0.15, -0.1) is 0 Å². The summed E-state index contributed by atoms with van der Waals surface area (Å²) in [4.78, 5) is 19.6. The average Bonchev–Trinajstić information content (AvgIpc) is 3.08. The van der Waals surface area contributed by atoms with Crippen LogP contribution in [0.1, 0.15) is 37.6 Å². The minimum absolute atomic E-state index is 0.0766. The molecule has 3 rings (SSSR count). The van der Waals surface area contributed by atoms with Gasteiger partial charge >= 0.3 is 5.97 Å². The first-order valence-electron chi connectivity index (χ1n) is 9.70. The summed E-state index contributed by atoms with van der Waals surface area (Å²) < 4.78 is 7.51. The topological polar surface area (TPSA) is 47.4 Å². The summed E-state index contributed by atoms with van der Waals surface area (Å²) in [5.41, 5.74) is 0.669. The highest BCUT2D eigenvalue weighted by Gasteiger charge is 2.42. The first-order valence-corrected chi connectivity index (χ1v) is 9.70. The largest absolute Gasteiger partial charge is 0.466 e. The van der Waals surface area contributed by atoms with Gasteiger partial charge in [-0.05, 0) is 38.3 Å². The zero-order valence-corrected chi connectivity index (χ0v) is 16.3. The second kappa shape index (κ2) is 9.00. The van der Waals surface area contributed by atoms with Crippen molar-refractivity contribution in [2.45, 2.75) is 32.7 Å². The number of aryl methyl sites for hydroxylation is 1. The monoisotopic (exact) mass is 367 g/mol. The van der Waals surface area contributed by atoms with Crippen molar-refractivity contribution in [2.24, 2.45) is 12.5 Å². The van der Waals surface area contributed by atoms with Gasteiger partial charge in [0.05, 0.1) is 18.6 Å².